The number of aromatic amines is 1. The zero-order valence-electron chi connectivity index (χ0n) is 24.2. The Labute approximate surface area is 238 Å². The van der Waals surface area contributed by atoms with Crippen LogP contribution >= 0.6 is 0 Å². The van der Waals surface area contributed by atoms with Gasteiger partial charge in [-0.15, -0.1) is 0 Å². The van der Waals surface area contributed by atoms with Gasteiger partial charge in [0, 0.05) is 31.6 Å². The molecule has 0 spiro atoms. The number of benzene rings is 2. The minimum atomic E-state index is -0.742. The molecule has 0 aliphatic rings. The van der Waals surface area contributed by atoms with Gasteiger partial charge in [0.25, 0.3) is 0 Å². The van der Waals surface area contributed by atoms with Gasteiger partial charge < -0.3 is 26.0 Å². The summed E-state index contributed by atoms with van der Waals surface area (Å²) in [6.07, 6.45) is 10.1. The number of carbonyl (C=O) groups excluding carboxylic acids is 2. The predicted molar refractivity (Wildman–Crippen MR) is 161 cm³/mol. The third kappa shape index (κ3) is 13.0. The number of amides is 1. The van der Waals surface area contributed by atoms with Crippen molar-refractivity contribution in [2.75, 3.05) is 7.05 Å². The second-order valence-electron chi connectivity index (χ2n) is 8.41. The Hall–Kier alpha value is -4.24. The minimum absolute atomic E-state index is 0.246. The molecule has 9 nitrogen and oxygen atoms in total. The molecule has 0 saturated heterocycles. The Morgan fingerprint density at radius 3 is 2.20 bits per heavy atom. The number of hydrogen-bond acceptors (Lipinski definition) is 6. The molecule has 9 heteroatoms. The summed E-state index contributed by atoms with van der Waals surface area (Å²) in [5.74, 6) is 1.03. The summed E-state index contributed by atoms with van der Waals surface area (Å²) >= 11 is 0. The summed E-state index contributed by atoms with van der Waals surface area (Å²) in [7, 11) is 3.42. The molecule has 40 heavy (non-hydrogen) atoms. The zero-order chi connectivity index (χ0) is 29.6. The number of carbonyl (C=O) groups is 2. The number of nitrogens with zero attached hydrogens (tertiary/aromatic N) is 3. The number of rotatable bonds is 11. The van der Waals surface area contributed by atoms with Crippen molar-refractivity contribution >= 4 is 12.4 Å². The van der Waals surface area contributed by atoms with Crippen molar-refractivity contribution in [1.29, 1.82) is 0 Å². The number of aryl methyl sites for hydroxylation is 2. The number of nitrogens with two attached hydrogens (primary N) is 2. The Morgan fingerprint density at radius 1 is 0.950 bits per heavy atom. The van der Waals surface area contributed by atoms with Crippen LogP contribution in [-0.2, 0) is 29.6 Å². The summed E-state index contributed by atoms with van der Waals surface area (Å²) < 4.78 is 6.38. The molecule has 4 rings (SSSR count). The molecule has 0 bridgehead atoms. The molecule has 216 valence electrons. The predicted octanol–water partition coefficient (Wildman–Crippen LogP) is 6.05. The lowest BCUT2D eigenvalue weighted by molar-refractivity contribution is -0.107. The summed E-state index contributed by atoms with van der Waals surface area (Å²) in [6.45, 7) is 4.25. The van der Waals surface area contributed by atoms with E-state index in [0.717, 1.165) is 72.3 Å². The average molecular weight is 549 g/mol. The maximum absolute atomic E-state index is 10.3. The average Bonchev–Trinajstić information content (AvgIpc) is 3.66. The number of imidazole rings is 1. The smallest absolute Gasteiger partial charge is 0.404 e. The number of nitrogens with one attached hydrogen (secondary N) is 1. The Bertz CT molecular complexity index is 1200. The van der Waals surface area contributed by atoms with E-state index >= 15 is 0 Å². The molecule has 1 amide bonds. The second kappa shape index (κ2) is 20.7. The number of aldehydes is 1. The molecule has 5 N–H and O–H groups in total. The van der Waals surface area contributed by atoms with Crippen LogP contribution in [0.15, 0.2) is 73.1 Å². The highest BCUT2D eigenvalue weighted by Crippen LogP contribution is 2.23. The number of unbranched alkanes of at least 4 members (excludes halogenated alkanes) is 4. The molecule has 0 aliphatic carbocycles. The van der Waals surface area contributed by atoms with Gasteiger partial charge in [0.15, 0.2) is 0 Å². The van der Waals surface area contributed by atoms with Crippen LogP contribution in [-0.4, -0.2) is 39.2 Å². The SMILES string of the molecule is CC.CN.Cn1ccc(-c2ccc(-c3cnc(CCCCCCC=O)[nH]3)cc2)n1.NC(=O)OCc1ccccc1. The molecule has 0 fully saturated rings. The molecule has 0 aliphatic heterocycles. The van der Waals surface area contributed by atoms with Crippen molar-refractivity contribution in [2.45, 2.75) is 59.0 Å². The van der Waals surface area contributed by atoms with E-state index in [0.29, 0.717) is 6.42 Å². The van der Waals surface area contributed by atoms with Crippen LogP contribution < -0.4 is 11.5 Å². The number of ether oxygens (including phenoxy) is 1. The van der Waals surface area contributed by atoms with E-state index in [9.17, 15) is 9.59 Å². The van der Waals surface area contributed by atoms with Crippen molar-refractivity contribution < 1.29 is 14.3 Å². The first-order chi connectivity index (χ1) is 19.5. The van der Waals surface area contributed by atoms with Gasteiger partial charge in [-0.05, 0) is 37.1 Å². The minimum Gasteiger partial charge on any atom is -0.445 e. The molecule has 0 saturated carbocycles. The fourth-order valence-electron chi connectivity index (χ4n) is 3.63. The number of hydrogen-bond donors (Lipinski definition) is 3. The van der Waals surface area contributed by atoms with E-state index in [2.05, 4.69) is 49.8 Å². The molecular formula is C31H44N6O3. The number of aromatic nitrogens is 4. The van der Waals surface area contributed by atoms with Crippen molar-refractivity contribution in [2.24, 2.45) is 18.5 Å². The van der Waals surface area contributed by atoms with Crippen molar-refractivity contribution in [3.8, 4) is 22.5 Å². The molecule has 4 aromatic rings. The van der Waals surface area contributed by atoms with Crippen LogP contribution in [0.1, 0.15) is 57.3 Å². The van der Waals surface area contributed by atoms with Gasteiger partial charge in [0.05, 0.1) is 17.6 Å². The Kier molecular flexibility index (Phi) is 17.5. The lowest BCUT2D eigenvalue weighted by Gasteiger charge is -2.01. The van der Waals surface area contributed by atoms with Gasteiger partial charge >= 0.3 is 6.09 Å². The normalized spacial score (nSPS) is 9.62. The lowest BCUT2D eigenvalue weighted by Crippen LogP contribution is -2.12. The molecule has 0 radical (unpaired) electrons. The molecule has 0 atom stereocenters. The fourth-order valence-corrected chi connectivity index (χ4v) is 3.63. The molecule has 2 aromatic heterocycles. The maximum Gasteiger partial charge on any atom is 0.404 e. The monoisotopic (exact) mass is 548 g/mol. The van der Waals surface area contributed by atoms with Gasteiger partial charge in [-0.1, -0.05) is 81.3 Å². The van der Waals surface area contributed by atoms with E-state index in [1.54, 1.807) is 0 Å². The topological polar surface area (TPSA) is 142 Å². The number of H-pyrrole nitrogens is 1. The first-order valence-electron chi connectivity index (χ1n) is 13.7. The highest BCUT2D eigenvalue weighted by atomic mass is 16.5. The summed E-state index contributed by atoms with van der Waals surface area (Å²) in [5.41, 5.74) is 14.5. The quantitative estimate of drug-likeness (QED) is 0.154. The van der Waals surface area contributed by atoms with E-state index in [1.165, 1.54) is 7.05 Å². The summed E-state index contributed by atoms with van der Waals surface area (Å²) in [4.78, 5) is 28.3. The van der Waals surface area contributed by atoms with Gasteiger partial charge in [0.1, 0.15) is 18.7 Å². The number of primary amides is 1. The Morgan fingerprint density at radius 2 is 1.60 bits per heavy atom. The third-order valence-corrected chi connectivity index (χ3v) is 5.54. The molecule has 2 heterocycles. The molecular weight excluding hydrogens is 504 g/mol. The highest BCUT2D eigenvalue weighted by Gasteiger charge is 2.06. The third-order valence-electron chi connectivity index (χ3n) is 5.54. The van der Waals surface area contributed by atoms with Gasteiger partial charge in [0.2, 0.25) is 0 Å². The largest absolute Gasteiger partial charge is 0.445 e. The Balaban J connectivity index is 0.000000446. The first-order valence-corrected chi connectivity index (χ1v) is 13.7. The summed E-state index contributed by atoms with van der Waals surface area (Å²) in [5, 5.41) is 4.43. The van der Waals surface area contributed by atoms with Crippen LogP contribution in [0.5, 0.6) is 0 Å². The lowest BCUT2D eigenvalue weighted by atomic mass is 10.1. The van der Waals surface area contributed by atoms with Crippen LogP contribution in [0.4, 0.5) is 4.79 Å². The van der Waals surface area contributed by atoms with Crippen LogP contribution in [0.25, 0.3) is 22.5 Å². The van der Waals surface area contributed by atoms with Gasteiger partial charge in [-0.3, -0.25) is 4.68 Å². The molecule has 2 aromatic carbocycles. The highest BCUT2D eigenvalue weighted by molar-refractivity contribution is 5.66. The van der Waals surface area contributed by atoms with Crippen molar-refractivity contribution in [3.63, 3.8) is 0 Å². The van der Waals surface area contributed by atoms with Crippen LogP contribution in [0, 0.1) is 0 Å². The van der Waals surface area contributed by atoms with Crippen LogP contribution in [0.2, 0.25) is 0 Å². The van der Waals surface area contributed by atoms with E-state index in [1.807, 2.05) is 74.4 Å². The second-order valence-corrected chi connectivity index (χ2v) is 8.41. The first kappa shape index (κ1) is 33.8. The van der Waals surface area contributed by atoms with Gasteiger partial charge in [-0.25, -0.2) is 9.78 Å². The standard InChI is InChI=1S/C20H24N4O.C8H9NO2.C2H6.CH5N/c1-24-13-12-18(23-24)16-8-10-17(11-9-16)19-15-21-20(22-19)7-5-3-2-4-6-14-25;9-8(10)11-6-7-4-2-1-3-5-7;2*1-2/h8-15H,2-7H2,1H3,(H,21,22);1-5H,6H2,(H2,9,10);1-2H3;2H2,1H3. The maximum atomic E-state index is 10.3. The van der Waals surface area contributed by atoms with E-state index < -0.39 is 6.09 Å². The van der Waals surface area contributed by atoms with Crippen LogP contribution in [0.3, 0.4) is 0 Å². The summed E-state index contributed by atoms with van der Waals surface area (Å²) in [6, 6.07) is 19.8. The van der Waals surface area contributed by atoms with Crippen molar-refractivity contribution in [1.82, 2.24) is 19.7 Å². The van der Waals surface area contributed by atoms with E-state index in [-0.39, 0.29) is 6.61 Å². The van der Waals surface area contributed by atoms with Gasteiger partial charge in [-0.2, -0.15) is 5.10 Å². The van der Waals surface area contributed by atoms with Crippen molar-refractivity contribution in [3.05, 3.63) is 84.4 Å². The fraction of sp³-hybridized carbons (Fsp3) is 0.355. The van der Waals surface area contributed by atoms with E-state index in [4.69, 9.17) is 5.73 Å². The molecule has 0 unspecified atom stereocenters. The zero-order valence-corrected chi connectivity index (χ0v) is 24.2.